The zero-order valence-corrected chi connectivity index (χ0v) is 13.0. The van der Waals surface area contributed by atoms with Crippen LogP contribution in [0.4, 0.5) is 0 Å². The highest BCUT2D eigenvalue weighted by molar-refractivity contribution is 7.85. The number of benzene rings is 1. The number of rotatable bonds is 6. The van der Waals surface area contributed by atoms with Crippen LogP contribution in [0.5, 0.6) is 0 Å². The molecule has 1 saturated carbocycles. The van der Waals surface area contributed by atoms with Crippen LogP contribution in [0.25, 0.3) is 0 Å². The van der Waals surface area contributed by atoms with E-state index in [2.05, 4.69) is 10.3 Å². The maximum Gasteiger partial charge on any atom is 0.223 e. The Morgan fingerprint density at radius 3 is 2.77 bits per heavy atom. The summed E-state index contributed by atoms with van der Waals surface area (Å²) in [5.74, 6) is 0.821. The van der Waals surface area contributed by atoms with E-state index in [1.807, 2.05) is 48.7 Å². The fourth-order valence-corrected chi connectivity index (χ4v) is 3.52. The van der Waals surface area contributed by atoms with Gasteiger partial charge in [-0.15, -0.1) is 0 Å². The lowest BCUT2D eigenvalue weighted by atomic mass is 10.1. The molecule has 2 aromatic rings. The van der Waals surface area contributed by atoms with Crippen molar-refractivity contribution in [1.82, 2.24) is 10.3 Å². The van der Waals surface area contributed by atoms with Crippen LogP contribution in [0.3, 0.4) is 0 Å². The molecule has 3 rings (SSSR count). The van der Waals surface area contributed by atoms with E-state index >= 15 is 0 Å². The maximum atomic E-state index is 12.1. The quantitative estimate of drug-likeness (QED) is 0.888. The Morgan fingerprint density at radius 1 is 1.23 bits per heavy atom. The Hall–Kier alpha value is -2.01. The van der Waals surface area contributed by atoms with Crippen molar-refractivity contribution in [1.29, 1.82) is 0 Å². The molecular weight excluding hydrogens is 296 g/mol. The third kappa shape index (κ3) is 3.60. The number of carbonyl (C=O) groups is 1. The summed E-state index contributed by atoms with van der Waals surface area (Å²) in [7, 11) is -1.06. The van der Waals surface area contributed by atoms with E-state index in [9.17, 15) is 9.00 Å². The standard InChI is InChI=1S/C17H18N2O2S/c20-17(16-11-15(16)13-5-4-8-18-12-13)19-9-10-22(21)14-6-2-1-3-7-14/h1-8,12,15-16H,9-11H2,(H,19,20)/t15-,16-,22+/m0/s1. The smallest absolute Gasteiger partial charge is 0.223 e. The van der Waals surface area contributed by atoms with E-state index in [4.69, 9.17) is 0 Å². The van der Waals surface area contributed by atoms with Gasteiger partial charge in [0.25, 0.3) is 0 Å². The number of carbonyl (C=O) groups excluding carboxylic acids is 1. The lowest BCUT2D eigenvalue weighted by Crippen LogP contribution is -2.29. The molecule has 1 aliphatic rings. The predicted molar refractivity (Wildman–Crippen MR) is 85.8 cm³/mol. The van der Waals surface area contributed by atoms with E-state index in [0.29, 0.717) is 12.3 Å². The largest absolute Gasteiger partial charge is 0.355 e. The lowest BCUT2D eigenvalue weighted by Gasteiger charge is -2.05. The summed E-state index contributed by atoms with van der Waals surface area (Å²) in [5.41, 5.74) is 1.12. The molecule has 0 spiro atoms. The summed E-state index contributed by atoms with van der Waals surface area (Å²) >= 11 is 0. The predicted octanol–water partition coefficient (Wildman–Crippen LogP) is 2.11. The first-order valence-electron chi connectivity index (χ1n) is 7.37. The number of nitrogens with one attached hydrogen (secondary N) is 1. The minimum atomic E-state index is -1.06. The van der Waals surface area contributed by atoms with E-state index in [1.54, 1.807) is 6.20 Å². The summed E-state index contributed by atoms with van der Waals surface area (Å²) < 4.78 is 12.0. The fourth-order valence-electron chi connectivity index (χ4n) is 2.54. The van der Waals surface area contributed by atoms with E-state index < -0.39 is 10.8 Å². The van der Waals surface area contributed by atoms with Crippen molar-refractivity contribution in [3.8, 4) is 0 Å². The minimum absolute atomic E-state index is 0.0364. The second-order valence-corrected chi connectivity index (χ2v) is 6.96. The van der Waals surface area contributed by atoms with Crippen molar-refractivity contribution in [3.63, 3.8) is 0 Å². The molecule has 1 N–H and O–H groups in total. The summed E-state index contributed by atoms with van der Waals surface area (Å²) in [5, 5.41) is 2.89. The van der Waals surface area contributed by atoms with Gasteiger partial charge in [0, 0.05) is 35.5 Å². The molecule has 1 fully saturated rings. The Labute approximate surface area is 132 Å². The number of nitrogens with zero attached hydrogens (tertiary/aromatic N) is 1. The van der Waals surface area contributed by atoms with E-state index in [1.165, 1.54) is 0 Å². The molecule has 0 aliphatic heterocycles. The normalized spacial score (nSPS) is 21.1. The minimum Gasteiger partial charge on any atom is -0.355 e. The van der Waals surface area contributed by atoms with Gasteiger partial charge in [-0.2, -0.15) is 0 Å². The first-order chi connectivity index (χ1) is 10.8. The van der Waals surface area contributed by atoms with Crippen LogP contribution in [0.15, 0.2) is 59.8 Å². The van der Waals surface area contributed by atoms with Gasteiger partial charge in [-0.3, -0.25) is 14.0 Å². The average Bonchev–Trinajstić information content (AvgIpc) is 3.37. The van der Waals surface area contributed by atoms with Crippen molar-refractivity contribution in [2.24, 2.45) is 5.92 Å². The van der Waals surface area contributed by atoms with Crippen molar-refractivity contribution >= 4 is 16.7 Å². The molecule has 0 bridgehead atoms. The summed E-state index contributed by atoms with van der Waals surface area (Å²) in [6.45, 7) is 0.441. The highest BCUT2D eigenvalue weighted by atomic mass is 32.2. The molecule has 1 heterocycles. The number of hydrogen-bond acceptors (Lipinski definition) is 3. The van der Waals surface area contributed by atoms with Gasteiger partial charge in [0.1, 0.15) is 0 Å². The van der Waals surface area contributed by atoms with Gasteiger partial charge >= 0.3 is 0 Å². The van der Waals surface area contributed by atoms with Crippen molar-refractivity contribution in [3.05, 3.63) is 60.4 Å². The van der Waals surface area contributed by atoms with Gasteiger partial charge < -0.3 is 5.32 Å². The fraction of sp³-hybridized carbons (Fsp3) is 0.294. The summed E-state index contributed by atoms with van der Waals surface area (Å²) in [6.07, 6.45) is 4.43. The Bertz CT molecular complexity index is 661. The Kier molecular flexibility index (Phi) is 4.63. The first-order valence-corrected chi connectivity index (χ1v) is 8.68. The van der Waals surface area contributed by atoms with Gasteiger partial charge in [-0.25, -0.2) is 0 Å². The highest BCUT2D eigenvalue weighted by Crippen LogP contribution is 2.47. The zero-order valence-electron chi connectivity index (χ0n) is 12.1. The van der Waals surface area contributed by atoms with Crippen LogP contribution in [-0.2, 0) is 15.6 Å². The number of aromatic nitrogens is 1. The maximum absolute atomic E-state index is 12.1. The molecule has 1 amide bonds. The second kappa shape index (κ2) is 6.83. The molecule has 1 aromatic heterocycles. The summed E-state index contributed by atoms with van der Waals surface area (Å²) in [4.78, 5) is 17.0. The molecular formula is C17H18N2O2S. The average molecular weight is 314 g/mol. The van der Waals surface area contributed by atoms with Crippen LogP contribution < -0.4 is 5.32 Å². The summed E-state index contributed by atoms with van der Waals surface area (Å²) in [6, 6.07) is 13.2. The molecule has 0 saturated heterocycles. The molecule has 1 aromatic carbocycles. The van der Waals surface area contributed by atoms with Crippen LogP contribution >= 0.6 is 0 Å². The number of amides is 1. The van der Waals surface area contributed by atoms with Gasteiger partial charge in [-0.1, -0.05) is 24.3 Å². The molecule has 114 valence electrons. The van der Waals surface area contributed by atoms with Gasteiger partial charge in [-0.05, 0) is 36.1 Å². The number of hydrogen-bond donors (Lipinski definition) is 1. The lowest BCUT2D eigenvalue weighted by molar-refractivity contribution is -0.122. The van der Waals surface area contributed by atoms with Crippen LogP contribution in [-0.4, -0.2) is 27.4 Å². The third-order valence-corrected chi connectivity index (χ3v) is 5.21. The van der Waals surface area contributed by atoms with Crippen molar-refractivity contribution in [2.45, 2.75) is 17.2 Å². The SMILES string of the molecule is O=C(NCC[S@@](=O)c1ccccc1)[C@H]1C[C@H]1c1cccnc1. The first kappa shape index (κ1) is 14.9. The van der Waals surface area contributed by atoms with E-state index in [0.717, 1.165) is 16.9 Å². The second-order valence-electron chi connectivity index (χ2n) is 5.39. The van der Waals surface area contributed by atoms with Crippen molar-refractivity contribution in [2.75, 3.05) is 12.3 Å². The monoisotopic (exact) mass is 314 g/mol. The molecule has 1 aliphatic carbocycles. The Morgan fingerprint density at radius 2 is 2.05 bits per heavy atom. The zero-order chi connectivity index (χ0) is 15.4. The number of pyridine rings is 1. The Balaban J connectivity index is 1.43. The van der Waals surface area contributed by atoms with Crippen LogP contribution in [0, 0.1) is 5.92 Å². The van der Waals surface area contributed by atoms with Gasteiger partial charge in [0.15, 0.2) is 0 Å². The molecule has 3 atom stereocenters. The molecule has 0 radical (unpaired) electrons. The van der Waals surface area contributed by atoms with Gasteiger partial charge in [0.2, 0.25) is 5.91 Å². The van der Waals surface area contributed by atoms with Crippen molar-refractivity contribution < 1.29 is 9.00 Å². The van der Waals surface area contributed by atoms with Gasteiger partial charge in [0.05, 0.1) is 10.8 Å². The topological polar surface area (TPSA) is 59.1 Å². The molecule has 22 heavy (non-hydrogen) atoms. The van der Waals surface area contributed by atoms with E-state index in [-0.39, 0.29) is 17.7 Å². The van der Waals surface area contributed by atoms with Crippen LogP contribution in [0.2, 0.25) is 0 Å². The molecule has 4 nitrogen and oxygen atoms in total. The highest BCUT2D eigenvalue weighted by Gasteiger charge is 2.43. The van der Waals surface area contributed by atoms with Crippen LogP contribution in [0.1, 0.15) is 17.9 Å². The molecule has 5 heteroatoms. The third-order valence-electron chi connectivity index (χ3n) is 3.83. The molecule has 0 unspecified atom stereocenters.